The summed E-state index contributed by atoms with van der Waals surface area (Å²) in [5.74, 6) is -0.422. The molecule has 3 nitrogen and oxygen atoms in total. The average Bonchev–Trinajstić information content (AvgIpc) is 2.15. The van der Waals surface area contributed by atoms with E-state index in [1.165, 1.54) is 0 Å². The molecule has 1 aromatic rings. The van der Waals surface area contributed by atoms with Crippen LogP contribution in [0.3, 0.4) is 0 Å². The van der Waals surface area contributed by atoms with Gasteiger partial charge in [0.1, 0.15) is 5.60 Å². The van der Waals surface area contributed by atoms with Crippen LogP contribution in [0.15, 0.2) is 30.3 Å². The highest BCUT2D eigenvalue weighted by atomic mass is 16.6. The summed E-state index contributed by atoms with van der Waals surface area (Å²) in [5.41, 5.74) is 5.23. The van der Waals surface area contributed by atoms with Crippen LogP contribution in [-0.4, -0.2) is 24.3 Å². The molecule has 0 spiro atoms. The minimum absolute atomic E-state index is 0.422. The van der Waals surface area contributed by atoms with Crippen molar-refractivity contribution in [2.24, 2.45) is 5.73 Å². The summed E-state index contributed by atoms with van der Waals surface area (Å²) in [4.78, 5) is 11.9. The Morgan fingerprint density at radius 1 is 1.18 bits per heavy atom. The summed E-state index contributed by atoms with van der Waals surface area (Å²) in [6.45, 7) is 7.12. The van der Waals surface area contributed by atoms with Crippen molar-refractivity contribution in [2.45, 2.75) is 38.7 Å². The number of nitrogens with two attached hydrogens (primary N) is 1. The molecule has 2 N–H and O–H groups in total. The van der Waals surface area contributed by atoms with Crippen LogP contribution in [0.4, 0.5) is 0 Å². The Kier molecular flexibility index (Phi) is 3.99. The summed E-state index contributed by atoms with van der Waals surface area (Å²) in [7, 11) is 1.71. The van der Waals surface area contributed by atoms with Gasteiger partial charge in [0, 0.05) is 0 Å². The van der Waals surface area contributed by atoms with Gasteiger partial charge >= 0.3 is 5.97 Å². The van der Waals surface area contributed by atoms with Gasteiger partial charge in [0.15, 0.2) is 7.28 Å². The Morgan fingerprint density at radius 2 is 1.71 bits per heavy atom. The number of ether oxygens (including phenoxy) is 1. The highest BCUT2D eigenvalue weighted by Crippen LogP contribution is 2.11. The first-order valence-electron chi connectivity index (χ1n) is 5.64. The van der Waals surface area contributed by atoms with Gasteiger partial charge in [0.05, 0.1) is 5.44 Å². The summed E-state index contributed by atoms with van der Waals surface area (Å²) in [6, 6.07) is 9.51. The van der Waals surface area contributed by atoms with Crippen molar-refractivity contribution in [3.63, 3.8) is 0 Å². The van der Waals surface area contributed by atoms with E-state index in [1.807, 2.05) is 51.1 Å². The Hall–Kier alpha value is -1.29. The maximum absolute atomic E-state index is 11.9. The molecule has 1 radical (unpaired) electrons. The van der Waals surface area contributed by atoms with Crippen LogP contribution < -0.4 is 11.2 Å². The average molecular weight is 232 g/mol. The number of benzene rings is 1. The van der Waals surface area contributed by atoms with Crippen LogP contribution in [0.1, 0.15) is 27.7 Å². The third-order valence-corrected chi connectivity index (χ3v) is 2.10. The molecule has 1 atom stereocenters. The normalized spacial score (nSPS) is 14.9. The van der Waals surface area contributed by atoms with Gasteiger partial charge in [-0.2, -0.15) is 0 Å². The van der Waals surface area contributed by atoms with E-state index in [0.29, 0.717) is 0 Å². The number of rotatable bonds is 3. The lowest BCUT2D eigenvalue weighted by molar-refractivity contribution is -0.157. The van der Waals surface area contributed by atoms with Crippen molar-refractivity contribution >= 4 is 18.7 Å². The molecule has 0 saturated carbocycles. The Bertz CT molecular complexity index is 382. The van der Waals surface area contributed by atoms with E-state index < -0.39 is 17.0 Å². The van der Waals surface area contributed by atoms with Crippen molar-refractivity contribution in [1.29, 1.82) is 0 Å². The van der Waals surface area contributed by atoms with Crippen molar-refractivity contribution in [3.05, 3.63) is 30.3 Å². The number of carbonyl (C=O) groups is 1. The molecule has 0 aliphatic heterocycles. The number of esters is 1. The minimum atomic E-state index is -1.12. The lowest BCUT2D eigenvalue weighted by atomic mass is 9.55. The predicted octanol–water partition coefficient (Wildman–Crippen LogP) is 1.03. The quantitative estimate of drug-likeness (QED) is 0.625. The molecule has 4 heteroatoms. The second kappa shape index (κ2) is 4.92. The summed E-state index contributed by atoms with van der Waals surface area (Å²) in [6.07, 6.45) is 0. The van der Waals surface area contributed by atoms with Gasteiger partial charge < -0.3 is 10.5 Å². The van der Waals surface area contributed by atoms with E-state index in [9.17, 15) is 4.79 Å². The van der Waals surface area contributed by atoms with Crippen molar-refractivity contribution < 1.29 is 9.53 Å². The largest absolute Gasteiger partial charge is 0.459 e. The smallest absolute Gasteiger partial charge is 0.317 e. The van der Waals surface area contributed by atoms with E-state index in [0.717, 1.165) is 5.46 Å². The molecule has 0 heterocycles. The lowest BCUT2D eigenvalue weighted by Crippen LogP contribution is -2.56. The molecule has 0 aliphatic carbocycles. The second-order valence-electron chi connectivity index (χ2n) is 5.34. The maximum atomic E-state index is 11.9. The fourth-order valence-electron chi connectivity index (χ4n) is 1.34. The third-order valence-electron chi connectivity index (χ3n) is 2.10. The fourth-order valence-corrected chi connectivity index (χ4v) is 1.34. The van der Waals surface area contributed by atoms with Gasteiger partial charge in [-0.1, -0.05) is 35.8 Å². The van der Waals surface area contributed by atoms with Gasteiger partial charge in [-0.15, -0.1) is 0 Å². The highest BCUT2D eigenvalue weighted by Gasteiger charge is 2.34. The molecule has 17 heavy (non-hydrogen) atoms. The zero-order valence-corrected chi connectivity index (χ0v) is 10.9. The molecule has 1 rings (SSSR count). The first-order valence-corrected chi connectivity index (χ1v) is 5.64. The van der Waals surface area contributed by atoms with Crippen molar-refractivity contribution in [3.8, 4) is 0 Å². The van der Waals surface area contributed by atoms with Crippen molar-refractivity contribution in [1.82, 2.24) is 0 Å². The zero-order valence-electron chi connectivity index (χ0n) is 10.9. The van der Waals surface area contributed by atoms with E-state index in [-0.39, 0.29) is 0 Å². The monoisotopic (exact) mass is 232 g/mol. The molecule has 1 aromatic carbocycles. The van der Waals surface area contributed by atoms with Gasteiger partial charge in [-0.05, 0) is 27.7 Å². The van der Waals surface area contributed by atoms with Crippen LogP contribution in [-0.2, 0) is 9.53 Å². The Labute approximate surface area is 104 Å². The molecule has 91 valence electrons. The molecule has 0 aromatic heterocycles. The molecule has 0 aliphatic rings. The van der Waals surface area contributed by atoms with Gasteiger partial charge in [0.2, 0.25) is 0 Å². The van der Waals surface area contributed by atoms with Crippen LogP contribution in [0.5, 0.6) is 0 Å². The SMILES string of the molecule is CC(C)(C)OC(=O)C(C)(N)[B]c1ccccc1. The molecular weight excluding hydrogens is 213 g/mol. The highest BCUT2D eigenvalue weighted by molar-refractivity contribution is 6.61. The number of hydrogen-bond acceptors (Lipinski definition) is 3. The maximum Gasteiger partial charge on any atom is 0.317 e. The fraction of sp³-hybridized carbons (Fsp3) is 0.462. The van der Waals surface area contributed by atoms with Gasteiger partial charge in [-0.25, -0.2) is 0 Å². The number of carbonyl (C=O) groups excluding carboxylic acids is 1. The zero-order chi connectivity index (χ0) is 13.1. The summed E-state index contributed by atoms with van der Waals surface area (Å²) >= 11 is 0. The van der Waals surface area contributed by atoms with Gasteiger partial charge in [0.25, 0.3) is 0 Å². The molecular formula is C13H19BNO2. The molecule has 0 bridgehead atoms. The van der Waals surface area contributed by atoms with E-state index in [4.69, 9.17) is 10.5 Å². The van der Waals surface area contributed by atoms with Crippen LogP contribution in [0, 0.1) is 0 Å². The summed E-state index contributed by atoms with van der Waals surface area (Å²) < 4.78 is 5.28. The molecule has 1 unspecified atom stereocenters. The molecule has 0 saturated heterocycles. The standard InChI is InChI=1S/C13H19BNO2/c1-12(2,3)17-11(16)13(4,15)14-10-8-6-5-7-9-10/h5-9H,15H2,1-4H3. The number of hydrogen-bond donors (Lipinski definition) is 1. The first kappa shape index (κ1) is 13.8. The molecule has 0 fully saturated rings. The van der Waals surface area contributed by atoms with Crippen LogP contribution in [0.25, 0.3) is 0 Å². The van der Waals surface area contributed by atoms with Crippen LogP contribution in [0.2, 0.25) is 0 Å². The summed E-state index contributed by atoms with van der Waals surface area (Å²) in [5, 5.41) is 0. The van der Waals surface area contributed by atoms with E-state index in [1.54, 1.807) is 14.2 Å². The topological polar surface area (TPSA) is 52.3 Å². The van der Waals surface area contributed by atoms with E-state index >= 15 is 0 Å². The second-order valence-corrected chi connectivity index (χ2v) is 5.34. The third kappa shape index (κ3) is 4.61. The van der Waals surface area contributed by atoms with Gasteiger partial charge in [-0.3, -0.25) is 4.79 Å². The lowest BCUT2D eigenvalue weighted by Gasteiger charge is -2.28. The van der Waals surface area contributed by atoms with Crippen LogP contribution >= 0.6 is 0 Å². The Balaban J connectivity index is 2.72. The first-order chi connectivity index (χ1) is 7.71. The van der Waals surface area contributed by atoms with E-state index in [2.05, 4.69) is 0 Å². The Morgan fingerprint density at radius 3 is 2.18 bits per heavy atom. The predicted molar refractivity (Wildman–Crippen MR) is 70.3 cm³/mol. The minimum Gasteiger partial charge on any atom is -0.459 e. The molecule has 0 amide bonds. The van der Waals surface area contributed by atoms with Crippen molar-refractivity contribution in [2.75, 3.05) is 0 Å².